The lowest BCUT2D eigenvalue weighted by Crippen LogP contribution is -2.18. The Morgan fingerprint density at radius 3 is 2.56 bits per heavy atom. The van der Waals surface area contributed by atoms with Crippen molar-refractivity contribution in [1.29, 1.82) is 0 Å². The van der Waals surface area contributed by atoms with Gasteiger partial charge in [-0.2, -0.15) is 0 Å². The van der Waals surface area contributed by atoms with Crippen molar-refractivity contribution in [2.75, 3.05) is 26.0 Å². The molecule has 96 valence electrons. The molecule has 1 unspecified atom stereocenters. The molecular formula is C15H20N2S. The van der Waals surface area contributed by atoms with Crippen LogP contribution < -0.4 is 10.2 Å². The highest BCUT2D eigenvalue weighted by Crippen LogP contribution is 2.30. The summed E-state index contributed by atoms with van der Waals surface area (Å²) in [6, 6.07) is 11.2. The van der Waals surface area contributed by atoms with Gasteiger partial charge in [-0.1, -0.05) is 12.1 Å². The average Bonchev–Trinajstić information content (AvgIpc) is 2.77. The summed E-state index contributed by atoms with van der Waals surface area (Å²) in [7, 11) is 6.17. The second-order valence-electron chi connectivity index (χ2n) is 4.68. The van der Waals surface area contributed by atoms with Gasteiger partial charge in [0.1, 0.15) is 0 Å². The lowest BCUT2D eigenvalue weighted by molar-refractivity contribution is 0.700. The van der Waals surface area contributed by atoms with E-state index in [1.54, 1.807) is 0 Å². The monoisotopic (exact) mass is 260 g/mol. The van der Waals surface area contributed by atoms with Crippen molar-refractivity contribution in [3.8, 4) is 0 Å². The first-order valence-corrected chi connectivity index (χ1v) is 7.00. The summed E-state index contributed by atoms with van der Waals surface area (Å²) >= 11 is 1.82. The van der Waals surface area contributed by atoms with E-state index in [1.165, 1.54) is 21.7 Å². The van der Waals surface area contributed by atoms with E-state index in [4.69, 9.17) is 0 Å². The Labute approximate surface area is 113 Å². The molecule has 1 aromatic carbocycles. The van der Waals surface area contributed by atoms with Crippen molar-refractivity contribution in [1.82, 2.24) is 5.32 Å². The fraction of sp³-hybridized carbons (Fsp3) is 0.333. The van der Waals surface area contributed by atoms with Crippen molar-refractivity contribution >= 4 is 17.0 Å². The van der Waals surface area contributed by atoms with Gasteiger partial charge in [0.25, 0.3) is 0 Å². The first kappa shape index (κ1) is 13.1. The molecule has 0 bridgehead atoms. The molecule has 1 atom stereocenters. The van der Waals surface area contributed by atoms with E-state index in [9.17, 15) is 0 Å². The van der Waals surface area contributed by atoms with Gasteiger partial charge in [0.05, 0.1) is 6.04 Å². The van der Waals surface area contributed by atoms with Gasteiger partial charge in [-0.3, -0.25) is 0 Å². The number of nitrogens with zero attached hydrogens (tertiary/aromatic N) is 1. The predicted octanol–water partition coefficient (Wildman–Crippen LogP) is 3.43. The van der Waals surface area contributed by atoms with Crippen LogP contribution in [0.25, 0.3) is 0 Å². The maximum atomic E-state index is 3.42. The molecule has 2 aromatic rings. The molecule has 1 heterocycles. The van der Waals surface area contributed by atoms with Crippen LogP contribution in [0, 0.1) is 6.92 Å². The molecule has 0 spiro atoms. The minimum Gasteiger partial charge on any atom is -0.378 e. The van der Waals surface area contributed by atoms with Gasteiger partial charge in [-0.25, -0.2) is 0 Å². The molecule has 2 rings (SSSR count). The van der Waals surface area contributed by atoms with E-state index in [2.05, 4.69) is 66.9 Å². The van der Waals surface area contributed by atoms with Crippen LogP contribution in [0.4, 0.5) is 5.69 Å². The van der Waals surface area contributed by atoms with Crippen molar-refractivity contribution in [3.63, 3.8) is 0 Å². The van der Waals surface area contributed by atoms with Crippen molar-refractivity contribution < 1.29 is 0 Å². The van der Waals surface area contributed by atoms with E-state index in [0.29, 0.717) is 0 Å². The lowest BCUT2D eigenvalue weighted by atomic mass is 10.0. The van der Waals surface area contributed by atoms with Crippen LogP contribution in [0.1, 0.15) is 22.0 Å². The number of aryl methyl sites for hydroxylation is 1. The Bertz CT molecular complexity index is 517. The lowest BCUT2D eigenvalue weighted by Gasteiger charge is -2.19. The Kier molecular flexibility index (Phi) is 4.04. The van der Waals surface area contributed by atoms with Crippen LogP contribution in [0.5, 0.6) is 0 Å². The molecule has 1 N–H and O–H groups in total. The van der Waals surface area contributed by atoms with Gasteiger partial charge in [0.2, 0.25) is 0 Å². The highest BCUT2D eigenvalue weighted by Gasteiger charge is 2.15. The summed E-state index contributed by atoms with van der Waals surface area (Å²) in [5, 5.41) is 5.58. The summed E-state index contributed by atoms with van der Waals surface area (Å²) in [6.07, 6.45) is 0. The number of hydrogen-bond acceptors (Lipinski definition) is 3. The van der Waals surface area contributed by atoms with Gasteiger partial charge in [0, 0.05) is 24.7 Å². The fourth-order valence-corrected chi connectivity index (χ4v) is 3.17. The van der Waals surface area contributed by atoms with Crippen LogP contribution >= 0.6 is 11.3 Å². The van der Waals surface area contributed by atoms with Crippen molar-refractivity contribution in [2.45, 2.75) is 13.0 Å². The third-order valence-electron chi connectivity index (χ3n) is 3.17. The number of hydrogen-bond donors (Lipinski definition) is 1. The van der Waals surface area contributed by atoms with Crippen molar-refractivity contribution in [3.05, 3.63) is 51.7 Å². The van der Waals surface area contributed by atoms with Crippen LogP contribution in [-0.2, 0) is 0 Å². The molecular weight excluding hydrogens is 240 g/mol. The van der Waals surface area contributed by atoms with Crippen LogP contribution in [-0.4, -0.2) is 21.1 Å². The molecule has 0 saturated carbocycles. The topological polar surface area (TPSA) is 15.3 Å². The van der Waals surface area contributed by atoms with E-state index in [1.807, 2.05) is 18.4 Å². The van der Waals surface area contributed by atoms with E-state index in [0.717, 1.165) is 0 Å². The first-order valence-electron chi connectivity index (χ1n) is 6.12. The maximum absolute atomic E-state index is 3.42. The molecule has 0 aliphatic heterocycles. The second-order valence-corrected chi connectivity index (χ2v) is 5.63. The minimum atomic E-state index is 0.282. The zero-order chi connectivity index (χ0) is 13.1. The Morgan fingerprint density at radius 2 is 2.00 bits per heavy atom. The second kappa shape index (κ2) is 5.55. The molecule has 3 heteroatoms. The SMILES string of the molecule is CNC(c1cccc(N(C)C)c1)c1sccc1C. The molecule has 1 aromatic heterocycles. The third kappa shape index (κ3) is 2.57. The van der Waals surface area contributed by atoms with Gasteiger partial charge >= 0.3 is 0 Å². The average molecular weight is 260 g/mol. The zero-order valence-electron chi connectivity index (χ0n) is 11.4. The zero-order valence-corrected chi connectivity index (χ0v) is 12.2. The Morgan fingerprint density at radius 1 is 1.22 bits per heavy atom. The smallest absolute Gasteiger partial charge is 0.0672 e. The van der Waals surface area contributed by atoms with E-state index >= 15 is 0 Å². The maximum Gasteiger partial charge on any atom is 0.0672 e. The quantitative estimate of drug-likeness (QED) is 0.906. The summed E-state index contributed by atoms with van der Waals surface area (Å²) < 4.78 is 0. The van der Waals surface area contributed by atoms with Crippen molar-refractivity contribution in [2.24, 2.45) is 0 Å². The molecule has 0 saturated heterocycles. The normalized spacial score (nSPS) is 12.4. The highest BCUT2D eigenvalue weighted by molar-refractivity contribution is 7.10. The summed E-state index contributed by atoms with van der Waals surface area (Å²) in [5.41, 5.74) is 3.91. The fourth-order valence-electron chi connectivity index (χ4n) is 2.11. The molecule has 0 aliphatic rings. The first-order chi connectivity index (χ1) is 8.63. The number of anilines is 1. The van der Waals surface area contributed by atoms with Crippen LogP contribution in [0.15, 0.2) is 35.7 Å². The number of benzene rings is 1. The third-order valence-corrected chi connectivity index (χ3v) is 4.26. The number of nitrogens with one attached hydrogen (secondary N) is 1. The predicted molar refractivity (Wildman–Crippen MR) is 80.7 cm³/mol. The van der Waals surface area contributed by atoms with Crippen LogP contribution in [0.3, 0.4) is 0 Å². The molecule has 18 heavy (non-hydrogen) atoms. The van der Waals surface area contributed by atoms with Gasteiger partial charge in [-0.15, -0.1) is 11.3 Å². The van der Waals surface area contributed by atoms with E-state index < -0.39 is 0 Å². The molecule has 0 radical (unpaired) electrons. The summed E-state index contributed by atoms with van der Waals surface area (Å²) in [4.78, 5) is 3.53. The number of rotatable bonds is 4. The van der Waals surface area contributed by atoms with Gasteiger partial charge < -0.3 is 10.2 Å². The standard InChI is InChI=1S/C15H20N2S/c1-11-8-9-18-15(11)14(16-2)12-6-5-7-13(10-12)17(3)4/h5-10,14,16H,1-4H3. The molecule has 0 aliphatic carbocycles. The highest BCUT2D eigenvalue weighted by atomic mass is 32.1. The minimum absolute atomic E-state index is 0.282. The van der Waals surface area contributed by atoms with Crippen LogP contribution in [0.2, 0.25) is 0 Å². The molecule has 0 amide bonds. The summed E-state index contributed by atoms with van der Waals surface area (Å²) in [6.45, 7) is 2.17. The van der Waals surface area contributed by atoms with E-state index in [-0.39, 0.29) is 6.04 Å². The Balaban J connectivity index is 2.39. The van der Waals surface area contributed by atoms with Gasteiger partial charge in [-0.05, 0) is 48.7 Å². The number of thiophene rings is 1. The largest absolute Gasteiger partial charge is 0.378 e. The summed E-state index contributed by atoms with van der Waals surface area (Å²) in [5.74, 6) is 0. The van der Waals surface area contributed by atoms with Gasteiger partial charge in [0.15, 0.2) is 0 Å². The molecule has 0 fully saturated rings. The Hall–Kier alpha value is -1.32. The molecule has 2 nitrogen and oxygen atoms in total.